The van der Waals surface area contributed by atoms with Crippen molar-refractivity contribution in [3.8, 4) is 11.3 Å². The van der Waals surface area contributed by atoms with Crippen LogP contribution in [-0.4, -0.2) is 16.5 Å². The van der Waals surface area contributed by atoms with Crippen LogP contribution in [0.1, 0.15) is 13.3 Å². The Morgan fingerprint density at radius 3 is 2.78 bits per heavy atom. The van der Waals surface area contributed by atoms with Crippen molar-refractivity contribution in [1.29, 1.82) is 0 Å². The molecule has 18 heavy (non-hydrogen) atoms. The van der Waals surface area contributed by atoms with E-state index in [0.717, 1.165) is 13.0 Å². The fourth-order valence-corrected chi connectivity index (χ4v) is 1.75. The molecule has 0 aliphatic carbocycles. The molecule has 0 amide bonds. The summed E-state index contributed by atoms with van der Waals surface area (Å²) < 4.78 is 13.9. The average Bonchev–Trinajstić information content (AvgIpc) is 2.37. The average molecular weight is 266 g/mol. The van der Waals surface area contributed by atoms with Crippen LogP contribution in [0.5, 0.6) is 0 Å². The number of hydrogen-bond donors (Lipinski definition) is 1. The number of nitrogens with one attached hydrogen (secondary N) is 1. The summed E-state index contributed by atoms with van der Waals surface area (Å²) in [6.07, 6.45) is 4.08. The van der Waals surface area contributed by atoms with Crippen LogP contribution in [0.3, 0.4) is 0 Å². The van der Waals surface area contributed by atoms with Crippen LogP contribution in [0.2, 0.25) is 5.02 Å². The van der Waals surface area contributed by atoms with Gasteiger partial charge in [0.2, 0.25) is 0 Å². The molecule has 3 nitrogen and oxygen atoms in total. The molecule has 2 rings (SSSR count). The molecule has 0 saturated heterocycles. The molecule has 0 aliphatic heterocycles. The van der Waals surface area contributed by atoms with Crippen LogP contribution in [0, 0.1) is 5.82 Å². The highest BCUT2D eigenvalue weighted by atomic mass is 35.5. The van der Waals surface area contributed by atoms with Gasteiger partial charge in [0.1, 0.15) is 11.5 Å². The first kappa shape index (κ1) is 12.8. The largest absolute Gasteiger partial charge is 0.368 e. The Morgan fingerprint density at radius 2 is 2.06 bits per heavy atom. The lowest BCUT2D eigenvalue weighted by molar-refractivity contribution is 0.630. The van der Waals surface area contributed by atoms with Gasteiger partial charge in [-0.2, -0.15) is 0 Å². The fourth-order valence-electron chi connectivity index (χ4n) is 1.59. The van der Waals surface area contributed by atoms with Crippen LogP contribution >= 0.6 is 11.6 Å². The topological polar surface area (TPSA) is 37.8 Å². The normalized spacial score (nSPS) is 10.4. The van der Waals surface area contributed by atoms with Crippen molar-refractivity contribution < 1.29 is 4.39 Å². The lowest BCUT2D eigenvalue weighted by Crippen LogP contribution is -2.05. The third kappa shape index (κ3) is 2.76. The molecule has 1 N–H and O–H groups in total. The Kier molecular flexibility index (Phi) is 4.10. The van der Waals surface area contributed by atoms with Gasteiger partial charge in [0, 0.05) is 29.5 Å². The minimum atomic E-state index is -0.400. The van der Waals surface area contributed by atoms with Gasteiger partial charge < -0.3 is 5.32 Å². The van der Waals surface area contributed by atoms with E-state index in [1.54, 1.807) is 24.5 Å². The lowest BCUT2D eigenvalue weighted by Gasteiger charge is -2.09. The van der Waals surface area contributed by atoms with E-state index in [2.05, 4.69) is 15.3 Å². The highest BCUT2D eigenvalue weighted by Gasteiger charge is 2.12. The summed E-state index contributed by atoms with van der Waals surface area (Å²) in [4.78, 5) is 8.37. The monoisotopic (exact) mass is 265 g/mol. The van der Waals surface area contributed by atoms with Crippen LogP contribution in [0.25, 0.3) is 11.3 Å². The molecule has 5 heteroatoms. The van der Waals surface area contributed by atoms with Crippen LogP contribution in [0.15, 0.2) is 30.6 Å². The molecule has 0 unspecified atom stereocenters. The van der Waals surface area contributed by atoms with Gasteiger partial charge in [-0.05, 0) is 24.6 Å². The predicted molar refractivity (Wildman–Crippen MR) is 71.2 cm³/mol. The zero-order valence-electron chi connectivity index (χ0n) is 9.95. The van der Waals surface area contributed by atoms with E-state index in [1.165, 1.54) is 6.07 Å². The second-order valence-corrected chi connectivity index (χ2v) is 4.24. The van der Waals surface area contributed by atoms with Crippen molar-refractivity contribution in [3.63, 3.8) is 0 Å². The minimum Gasteiger partial charge on any atom is -0.368 e. The van der Waals surface area contributed by atoms with E-state index in [0.29, 0.717) is 22.1 Å². The number of halogens is 2. The molecule has 0 aliphatic rings. The molecular formula is C13H13ClFN3. The Labute approximate surface area is 110 Å². The van der Waals surface area contributed by atoms with Crippen molar-refractivity contribution in [1.82, 2.24) is 9.97 Å². The lowest BCUT2D eigenvalue weighted by atomic mass is 10.1. The summed E-state index contributed by atoms with van der Waals surface area (Å²) in [5.41, 5.74) is 0.895. The Balaban J connectivity index is 2.43. The van der Waals surface area contributed by atoms with E-state index < -0.39 is 5.82 Å². The quantitative estimate of drug-likeness (QED) is 0.915. The van der Waals surface area contributed by atoms with Crippen molar-refractivity contribution in [3.05, 3.63) is 41.4 Å². The van der Waals surface area contributed by atoms with E-state index >= 15 is 0 Å². The second kappa shape index (κ2) is 5.78. The molecule has 94 valence electrons. The highest BCUT2D eigenvalue weighted by molar-refractivity contribution is 6.30. The van der Waals surface area contributed by atoms with Crippen molar-refractivity contribution in [2.24, 2.45) is 0 Å². The summed E-state index contributed by atoms with van der Waals surface area (Å²) in [7, 11) is 0. The Morgan fingerprint density at radius 1 is 1.28 bits per heavy atom. The predicted octanol–water partition coefficient (Wildman–Crippen LogP) is 3.76. The third-order valence-corrected chi connectivity index (χ3v) is 2.66. The number of anilines is 1. The molecule has 0 fully saturated rings. The summed E-state index contributed by atoms with van der Waals surface area (Å²) in [6.45, 7) is 2.81. The number of rotatable bonds is 4. The maximum Gasteiger partial charge on any atom is 0.152 e. The second-order valence-electron chi connectivity index (χ2n) is 3.80. The Hall–Kier alpha value is -1.68. The van der Waals surface area contributed by atoms with E-state index in [9.17, 15) is 4.39 Å². The van der Waals surface area contributed by atoms with Gasteiger partial charge in [0.15, 0.2) is 5.82 Å². The van der Waals surface area contributed by atoms with Gasteiger partial charge in [-0.1, -0.05) is 18.5 Å². The summed E-state index contributed by atoms with van der Waals surface area (Å²) in [5.74, 6) is 0.183. The first-order valence-corrected chi connectivity index (χ1v) is 6.10. The first-order chi connectivity index (χ1) is 8.72. The van der Waals surface area contributed by atoms with E-state index in [4.69, 9.17) is 11.6 Å². The molecule has 0 atom stereocenters. The van der Waals surface area contributed by atoms with Gasteiger partial charge in [-0.3, -0.25) is 4.98 Å². The zero-order chi connectivity index (χ0) is 13.0. The highest BCUT2D eigenvalue weighted by Crippen LogP contribution is 2.27. The number of nitrogens with zero attached hydrogens (tertiary/aromatic N) is 2. The van der Waals surface area contributed by atoms with Crippen LogP contribution in [0.4, 0.5) is 10.2 Å². The summed E-state index contributed by atoms with van der Waals surface area (Å²) in [6, 6.07) is 4.52. The van der Waals surface area contributed by atoms with E-state index in [-0.39, 0.29) is 0 Å². The molecule has 0 bridgehead atoms. The molecule has 1 aromatic heterocycles. The smallest absolute Gasteiger partial charge is 0.152 e. The molecule has 0 spiro atoms. The Bertz CT molecular complexity index is 546. The van der Waals surface area contributed by atoms with Crippen molar-refractivity contribution >= 4 is 17.4 Å². The standard InChI is InChI=1S/C13H13ClFN3/c1-2-5-17-13-12(16-6-7-18-13)10-4-3-9(14)8-11(10)15/h3-4,6-8H,2,5H2,1H3,(H,17,18). The van der Waals surface area contributed by atoms with Gasteiger partial charge in [-0.25, -0.2) is 9.37 Å². The third-order valence-electron chi connectivity index (χ3n) is 2.43. The van der Waals surface area contributed by atoms with Gasteiger partial charge in [0.05, 0.1) is 0 Å². The SMILES string of the molecule is CCCNc1nccnc1-c1ccc(Cl)cc1F. The van der Waals surface area contributed by atoms with Gasteiger partial charge in [-0.15, -0.1) is 0 Å². The van der Waals surface area contributed by atoms with E-state index in [1.807, 2.05) is 6.92 Å². The van der Waals surface area contributed by atoms with Crippen LogP contribution < -0.4 is 5.32 Å². The molecule has 1 aromatic carbocycles. The zero-order valence-corrected chi connectivity index (χ0v) is 10.7. The molecule has 0 radical (unpaired) electrons. The van der Waals surface area contributed by atoms with Crippen molar-refractivity contribution in [2.45, 2.75) is 13.3 Å². The van der Waals surface area contributed by atoms with Gasteiger partial charge >= 0.3 is 0 Å². The van der Waals surface area contributed by atoms with Gasteiger partial charge in [0.25, 0.3) is 0 Å². The fraction of sp³-hybridized carbons (Fsp3) is 0.231. The van der Waals surface area contributed by atoms with Crippen LogP contribution in [-0.2, 0) is 0 Å². The first-order valence-electron chi connectivity index (χ1n) is 5.72. The molecule has 2 aromatic rings. The maximum atomic E-state index is 13.9. The molecular weight excluding hydrogens is 253 g/mol. The minimum absolute atomic E-state index is 0.364. The maximum absolute atomic E-state index is 13.9. The number of aromatic nitrogens is 2. The number of hydrogen-bond acceptors (Lipinski definition) is 3. The molecule has 0 saturated carbocycles. The van der Waals surface area contributed by atoms with Crippen molar-refractivity contribution in [2.75, 3.05) is 11.9 Å². The molecule has 1 heterocycles. The number of benzene rings is 1. The summed E-state index contributed by atoms with van der Waals surface area (Å²) >= 11 is 5.74. The summed E-state index contributed by atoms with van der Waals surface area (Å²) in [5, 5.41) is 3.49.